The normalized spacial score (nSPS) is 11.4. The SMILES string of the molecule is CCCCNc1cc(C(=O)OCC(=O)N(C)C)cc(NS(=O)O)c1Oc1ccccc1. The van der Waals surface area contributed by atoms with Gasteiger partial charge in [-0.3, -0.25) is 14.1 Å². The van der Waals surface area contributed by atoms with Crippen LogP contribution in [-0.4, -0.2) is 52.8 Å². The standard InChI is InChI=1S/C21H27N3O6S/c1-4-5-11-22-17-12-15(21(26)29-14-19(25)24(2)3)13-18(23-31(27)28)20(17)30-16-9-7-6-8-10-16/h6-10,12-13,22-23H,4-5,11,14H2,1-3H3,(H,27,28). The van der Waals surface area contributed by atoms with Crippen LogP contribution in [0.1, 0.15) is 30.1 Å². The van der Waals surface area contributed by atoms with Gasteiger partial charge in [-0.25, -0.2) is 9.00 Å². The molecule has 0 aliphatic carbocycles. The van der Waals surface area contributed by atoms with Crippen molar-refractivity contribution in [3.8, 4) is 11.5 Å². The number of benzene rings is 2. The van der Waals surface area contributed by atoms with Crippen molar-refractivity contribution in [2.75, 3.05) is 37.3 Å². The van der Waals surface area contributed by atoms with E-state index in [1.54, 1.807) is 38.4 Å². The highest BCUT2D eigenvalue weighted by molar-refractivity contribution is 7.80. The third-order valence-electron chi connectivity index (χ3n) is 4.16. The number of hydrogen-bond acceptors (Lipinski definition) is 6. The number of hydrogen-bond donors (Lipinski definition) is 3. The lowest BCUT2D eigenvalue weighted by Crippen LogP contribution is -2.27. The Kier molecular flexibility index (Phi) is 9.29. The summed E-state index contributed by atoms with van der Waals surface area (Å²) in [6.45, 7) is 2.23. The maximum absolute atomic E-state index is 12.5. The molecule has 9 nitrogen and oxygen atoms in total. The fourth-order valence-electron chi connectivity index (χ4n) is 2.50. The summed E-state index contributed by atoms with van der Waals surface area (Å²) in [5.74, 6) is -0.342. The van der Waals surface area contributed by atoms with E-state index in [2.05, 4.69) is 10.0 Å². The van der Waals surface area contributed by atoms with Crippen LogP contribution < -0.4 is 14.8 Å². The Bertz CT molecular complexity index is 921. The van der Waals surface area contributed by atoms with Crippen molar-refractivity contribution in [1.29, 1.82) is 0 Å². The Hall–Kier alpha value is -3.11. The highest BCUT2D eigenvalue weighted by atomic mass is 32.2. The number of carbonyl (C=O) groups is 2. The number of unbranched alkanes of at least 4 members (excludes halogenated alkanes) is 1. The molecule has 0 aliphatic rings. The molecular weight excluding hydrogens is 422 g/mol. The highest BCUT2D eigenvalue weighted by Gasteiger charge is 2.20. The molecule has 0 spiro atoms. The van der Waals surface area contributed by atoms with Gasteiger partial charge in [0.2, 0.25) is 0 Å². The van der Waals surface area contributed by atoms with Gasteiger partial charge in [-0.2, -0.15) is 0 Å². The van der Waals surface area contributed by atoms with Gasteiger partial charge in [-0.15, -0.1) is 0 Å². The molecule has 1 atom stereocenters. The first-order valence-electron chi connectivity index (χ1n) is 9.71. The number of amides is 1. The van der Waals surface area contributed by atoms with Crippen LogP contribution >= 0.6 is 0 Å². The van der Waals surface area contributed by atoms with Crippen molar-refractivity contribution in [2.24, 2.45) is 0 Å². The summed E-state index contributed by atoms with van der Waals surface area (Å²) in [6, 6.07) is 11.8. The Morgan fingerprint density at radius 3 is 2.42 bits per heavy atom. The third kappa shape index (κ3) is 7.58. The summed E-state index contributed by atoms with van der Waals surface area (Å²) < 4.78 is 34.3. The topological polar surface area (TPSA) is 117 Å². The first-order chi connectivity index (χ1) is 14.8. The summed E-state index contributed by atoms with van der Waals surface area (Å²) in [7, 11) is 3.11. The minimum Gasteiger partial charge on any atom is -0.453 e. The molecule has 0 aromatic heterocycles. The summed E-state index contributed by atoms with van der Waals surface area (Å²) in [5, 5.41) is 3.20. The molecular formula is C21H27N3O6S. The van der Waals surface area contributed by atoms with Crippen molar-refractivity contribution in [2.45, 2.75) is 19.8 Å². The van der Waals surface area contributed by atoms with Crippen LogP contribution in [0.5, 0.6) is 11.5 Å². The fourth-order valence-corrected chi connectivity index (χ4v) is 2.84. The molecule has 0 radical (unpaired) electrons. The summed E-state index contributed by atoms with van der Waals surface area (Å²) in [4.78, 5) is 25.6. The average Bonchev–Trinajstić information content (AvgIpc) is 2.74. The average molecular weight is 450 g/mol. The number of nitrogens with one attached hydrogen (secondary N) is 2. The molecule has 10 heteroatoms. The third-order valence-corrected chi connectivity index (χ3v) is 4.55. The van der Waals surface area contributed by atoms with E-state index < -0.39 is 23.8 Å². The van der Waals surface area contributed by atoms with Gasteiger partial charge < -0.3 is 19.7 Å². The number of carbonyl (C=O) groups excluding carboxylic acids is 2. The van der Waals surface area contributed by atoms with Gasteiger partial charge in [0, 0.05) is 20.6 Å². The first-order valence-corrected chi connectivity index (χ1v) is 10.8. The molecule has 0 fully saturated rings. The molecule has 0 bridgehead atoms. The largest absolute Gasteiger partial charge is 0.453 e. The number of nitrogens with zero attached hydrogens (tertiary/aromatic N) is 1. The van der Waals surface area contributed by atoms with Crippen molar-refractivity contribution < 1.29 is 27.8 Å². The summed E-state index contributed by atoms with van der Waals surface area (Å²) >= 11 is -2.41. The molecule has 1 unspecified atom stereocenters. The van der Waals surface area contributed by atoms with Crippen molar-refractivity contribution in [3.63, 3.8) is 0 Å². The predicted octanol–water partition coefficient (Wildman–Crippen LogP) is 3.48. The van der Waals surface area contributed by atoms with Crippen molar-refractivity contribution >= 4 is 34.5 Å². The van der Waals surface area contributed by atoms with E-state index in [-0.39, 0.29) is 22.9 Å². The fraction of sp³-hybridized carbons (Fsp3) is 0.333. The monoisotopic (exact) mass is 449 g/mol. The van der Waals surface area contributed by atoms with Crippen molar-refractivity contribution in [1.82, 2.24) is 4.90 Å². The van der Waals surface area contributed by atoms with Gasteiger partial charge in [0.05, 0.1) is 16.9 Å². The smallest absolute Gasteiger partial charge is 0.338 e. The molecule has 0 saturated heterocycles. The van der Waals surface area contributed by atoms with Crippen LogP contribution in [0.4, 0.5) is 11.4 Å². The van der Waals surface area contributed by atoms with E-state index in [4.69, 9.17) is 9.47 Å². The second kappa shape index (κ2) is 11.9. The Balaban J connectivity index is 2.42. The minimum atomic E-state index is -2.41. The first kappa shape index (κ1) is 24.2. The zero-order valence-electron chi connectivity index (χ0n) is 17.7. The molecule has 0 aliphatic heterocycles. The lowest BCUT2D eigenvalue weighted by molar-refractivity contribution is -0.131. The zero-order chi connectivity index (χ0) is 22.8. The lowest BCUT2D eigenvalue weighted by Gasteiger charge is -2.18. The number of likely N-dealkylation sites (N-methyl/N-ethyl adjacent to an activating group) is 1. The second-order valence-corrected chi connectivity index (χ2v) is 7.51. The van der Waals surface area contributed by atoms with Gasteiger partial charge in [0.15, 0.2) is 12.4 Å². The Morgan fingerprint density at radius 2 is 1.81 bits per heavy atom. The zero-order valence-corrected chi connectivity index (χ0v) is 18.5. The molecule has 2 aromatic carbocycles. The molecule has 31 heavy (non-hydrogen) atoms. The molecule has 168 valence electrons. The predicted molar refractivity (Wildman–Crippen MR) is 120 cm³/mol. The van der Waals surface area contributed by atoms with Gasteiger partial charge in [-0.05, 0) is 30.7 Å². The highest BCUT2D eigenvalue weighted by Crippen LogP contribution is 2.39. The van der Waals surface area contributed by atoms with E-state index in [0.717, 1.165) is 12.8 Å². The molecule has 0 heterocycles. The molecule has 3 N–H and O–H groups in total. The molecule has 1 amide bonds. The van der Waals surface area contributed by atoms with Gasteiger partial charge in [-0.1, -0.05) is 31.5 Å². The number of para-hydroxylation sites is 1. The lowest BCUT2D eigenvalue weighted by atomic mass is 10.1. The maximum atomic E-state index is 12.5. The number of anilines is 2. The second-order valence-electron chi connectivity index (χ2n) is 6.81. The summed E-state index contributed by atoms with van der Waals surface area (Å²) in [6.07, 6.45) is 1.81. The quantitative estimate of drug-likeness (QED) is 0.273. The van der Waals surface area contributed by atoms with Crippen LogP contribution in [0.15, 0.2) is 42.5 Å². The molecule has 2 aromatic rings. The van der Waals surface area contributed by atoms with E-state index in [1.165, 1.54) is 17.0 Å². The number of rotatable bonds is 11. The minimum absolute atomic E-state index is 0.0962. The van der Waals surface area contributed by atoms with Crippen LogP contribution in [0.2, 0.25) is 0 Å². The Labute approximate surface area is 184 Å². The van der Waals surface area contributed by atoms with Gasteiger partial charge >= 0.3 is 5.97 Å². The van der Waals surface area contributed by atoms with E-state index >= 15 is 0 Å². The van der Waals surface area contributed by atoms with Crippen LogP contribution in [-0.2, 0) is 20.8 Å². The van der Waals surface area contributed by atoms with Crippen LogP contribution in [0.25, 0.3) is 0 Å². The van der Waals surface area contributed by atoms with Gasteiger partial charge in [0.1, 0.15) is 5.75 Å². The number of esters is 1. The number of ether oxygens (including phenoxy) is 2. The molecule has 2 rings (SSSR count). The van der Waals surface area contributed by atoms with Crippen molar-refractivity contribution in [3.05, 3.63) is 48.0 Å². The van der Waals surface area contributed by atoms with Crippen LogP contribution in [0.3, 0.4) is 0 Å². The van der Waals surface area contributed by atoms with E-state index in [1.807, 2.05) is 13.0 Å². The van der Waals surface area contributed by atoms with Gasteiger partial charge in [0.25, 0.3) is 17.2 Å². The van der Waals surface area contributed by atoms with E-state index in [9.17, 15) is 18.4 Å². The summed E-state index contributed by atoms with van der Waals surface area (Å²) in [5.41, 5.74) is 0.662. The van der Waals surface area contributed by atoms with E-state index in [0.29, 0.717) is 18.0 Å². The van der Waals surface area contributed by atoms with Crippen LogP contribution in [0, 0.1) is 0 Å². The Morgan fingerprint density at radius 1 is 1.13 bits per heavy atom. The molecule has 0 saturated carbocycles. The maximum Gasteiger partial charge on any atom is 0.338 e.